The fourth-order valence-electron chi connectivity index (χ4n) is 2.24. The van der Waals surface area contributed by atoms with Crippen LogP contribution in [-0.2, 0) is 0 Å². The molecule has 1 aromatic rings. The first-order valence-corrected chi connectivity index (χ1v) is 6.24. The first kappa shape index (κ1) is 13.2. The third kappa shape index (κ3) is 2.77. The molecule has 1 saturated heterocycles. The summed E-state index contributed by atoms with van der Waals surface area (Å²) in [6, 6.07) is 1.81. The summed E-state index contributed by atoms with van der Waals surface area (Å²) in [5, 5.41) is 3.34. The van der Waals surface area contributed by atoms with Crippen molar-refractivity contribution in [1.82, 2.24) is 5.32 Å². The van der Waals surface area contributed by atoms with Crippen molar-refractivity contribution in [2.75, 3.05) is 24.5 Å². The number of hydrogen-bond donors (Lipinski definition) is 1. The smallest absolute Gasteiger partial charge is 0.161 e. The van der Waals surface area contributed by atoms with Crippen LogP contribution in [0.2, 0.25) is 0 Å². The van der Waals surface area contributed by atoms with Gasteiger partial charge in [0, 0.05) is 31.3 Å². The second-order valence-electron chi connectivity index (χ2n) is 4.58. The van der Waals surface area contributed by atoms with Crippen LogP contribution in [0.3, 0.4) is 0 Å². The average molecular weight is 258 g/mol. The topological polar surface area (TPSA) is 15.3 Å². The summed E-state index contributed by atoms with van der Waals surface area (Å²) < 4.78 is 39.8. The van der Waals surface area contributed by atoms with Gasteiger partial charge in [0.15, 0.2) is 11.6 Å². The zero-order valence-corrected chi connectivity index (χ0v) is 10.3. The van der Waals surface area contributed by atoms with E-state index in [-0.39, 0.29) is 11.7 Å². The minimum Gasteiger partial charge on any atom is -0.367 e. The molecule has 100 valence electrons. The Balaban J connectivity index is 2.26. The Morgan fingerprint density at radius 1 is 1.22 bits per heavy atom. The number of anilines is 1. The molecule has 0 radical (unpaired) electrons. The number of rotatable bonds is 2. The molecule has 5 heteroatoms. The molecule has 1 aromatic carbocycles. The lowest BCUT2D eigenvalue weighted by Gasteiger charge is -2.26. The number of benzene rings is 1. The van der Waals surface area contributed by atoms with Gasteiger partial charge in [-0.3, -0.25) is 0 Å². The highest BCUT2D eigenvalue weighted by Gasteiger charge is 2.20. The third-order valence-electron chi connectivity index (χ3n) is 3.30. The van der Waals surface area contributed by atoms with Crippen LogP contribution >= 0.6 is 0 Å². The molecule has 2 rings (SSSR count). The molecular weight excluding hydrogens is 241 g/mol. The Morgan fingerprint density at radius 2 is 1.94 bits per heavy atom. The molecule has 0 aliphatic carbocycles. The number of halogens is 3. The van der Waals surface area contributed by atoms with Crippen LogP contribution in [0, 0.1) is 17.5 Å². The normalized spacial score (nSPS) is 20.9. The first-order valence-electron chi connectivity index (χ1n) is 6.24. The molecule has 1 heterocycles. The zero-order valence-electron chi connectivity index (χ0n) is 10.3. The van der Waals surface area contributed by atoms with Gasteiger partial charge < -0.3 is 10.2 Å². The minimum atomic E-state index is -1.14. The van der Waals surface area contributed by atoms with Crippen LogP contribution in [0.15, 0.2) is 12.1 Å². The maximum atomic E-state index is 13.7. The van der Waals surface area contributed by atoms with Crippen molar-refractivity contribution in [3.05, 3.63) is 29.6 Å². The van der Waals surface area contributed by atoms with E-state index in [0.717, 1.165) is 25.5 Å². The van der Waals surface area contributed by atoms with Gasteiger partial charge in [0.25, 0.3) is 0 Å². The molecule has 1 aliphatic rings. The molecule has 1 unspecified atom stereocenters. The Bertz CT molecular complexity index is 423. The number of hydrogen-bond acceptors (Lipinski definition) is 2. The fraction of sp³-hybridized carbons (Fsp3) is 0.538. The van der Waals surface area contributed by atoms with Gasteiger partial charge in [-0.15, -0.1) is 0 Å². The van der Waals surface area contributed by atoms with Crippen LogP contribution in [-0.4, -0.2) is 25.7 Å². The van der Waals surface area contributed by atoms with E-state index in [1.54, 1.807) is 4.90 Å². The summed E-state index contributed by atoms with van der Waals surface area (Å²) >= 11 is 0. The molecule has 1 N–H and O–H groups in total. The third-order valence-corrected chi connectivity index (χ3v) is 3.30. The summed E-state index contributed by atoms with van der Waals surface area (Å²) in [6.45, 7) is 4.16. The molecule has 1 fully saturated rings. The van der Waals surface area contributed by atoms with E-state index in [9.17, 15) is 13.2 Å². The van der Waals surface area contributed by atoms with Gasteiger partial charge in [-0.2, -0.15) is 0 Å². The van der Waals surface area contributed by atoms with Gasteiger partial charge in [-0.1, -0.05) is 6.92 Å². The second kappa shape index (κ2) is 5.61. The van der Waals surface area contributed by atoms with Crippen molar-refractivity contribution in [1.29, 1.82) is 0 Å². The Hall–Kier alpha value is -1.23. The van der Waals surface area contributed by atoms with Gasteiger partial charge >= 0.3 is 0 Å². The summed E-state index contributed by atoms with van der Waals surface area (Å²) in [5.41, 5.74) is 0.149. The average Bonchev–Trinajstić information content (AvgIpc) is 2.59. The SMILES string of the molecule is CCC1CN(c2cc(F)c(F)cc2F)CCCN1. The van der Waals surface area contributed by atoms with E-state index in [1.807, 2.05) is 6.92 Å². The fourth-order valence-corrected chi connectivity index (χ4v) is 2.24. The van der Waals surface area contributed by atoms with Crippen molar-refractivity contribution < 1.29 is 13.2 Å². The Morgan fingerprint density at radius 3 is 2.67 bits per heavy atom. The van der Waals surface area contributed by atoms with Crippen molar-refractivity contribution in [2.45, 2.75) is 25.8 Å². The van der Waals surface area contributed by atoms with Gasteiger partial charge in [0.1, 0.15) is 5.82 Å². The summed E-state index contributed by atoms with van der Waals surface area (Å²) in [4.78, 5) is 1.78. The molecule has 0 aromatic heterocycles. The molecule has 2 nitrogen and oxygen atoms in total. The monoisotopic (exact) mass is 258 g/mol. The quantitative estimate of drug-likeness (QED) is 0.820. The van der Waals surface area contributed by atoms with Crippen LogP contribution in [0.5, 0.6) is 0 Å². The lowest BCUT2D eigenvalue weighted by Crippen LogP contribution is -2.37. The van der Waals surface area contributed by atoms with Gasteiger partial charge in [-0.25, -0.2) is 13.2 Å². The molecule has 0 spiro atoms. The van der Waals surface area contributed by atoms with Crippen molar-refractivity contribution in [2.24, 2.45) is 0 Å². The van der Waals surface area contributed by atoms with Crippen molar-refractivity contribution in [3.63, 3.8) is 0 Å². The summed E-state index contributed by atoms with van der Waals surface area (Å²) in [7, 11) is 0. The zero-order chi connectivity index (χ0) is 13.1. The Labute approximate surface area is 105 Å². The van der Waals surface area contributed by atoms with E-state index in [4.69, 9.17) is 0 Å². The number of nitrogens with one attached hydrogen (secondary N) is 1. The maximum Gasteiger partial charge on any atom is 0.161 e. The van der Waals surface area contributed by atoms with Gasteiger partial charge in [-0.05, 0) is 19.4 Å². The number of nitrogens with zero attached hydrogens (tertiary/aromatic N) is 1. The molecule has 1 aliphatic heterocycles. The molecule has 1 atom stereocenters. The first-order chi connectivity index (χ1) is 8.61. The van der Waals surface area contributed by atoms with Crippen LogP contribution in [0.25, 0.3) is 0 Å². The van der Waals surface area contributed by atoms with E-state index in [1.165, 1.54) is 0 Å². The minimum absolute atomic E-state index is 0.149. The van der Waals surface area contributed by atoms with Gasteiger partial charge in [0.05, 0.1) is 5.69 Å². The molecule has 18 heavy (non-hydrogen) atoms. The second-order valence-corrected chi connectivity index (χ2v) is 4.58. The Kier molecular flexibility index (Phi) is 4.11. The maximum absolute atomic E-state index is 13.7. The summed E-state index contributed by atoms with van der Waals surface area (Å²) in [5.74, 6) is -2.85. The largest absolute Gasteiger partial charge is 0.367 e. The van der Waals surface area contributed by atoms with Crippen molar-refractivity contribution in [3.8, 4) is 0 Å². The highest BCUT2D eigenvalue weighted by Crippen LogP contribution is 2.24. The standard InChI is InChI=1S/C13H17F3N2/c1-2-9-8-18(5-3-4-17-9)13-7-11(15)10(14)6-12(13)16/h6-7,9,17H,2-5,8H2,1H3. The molecule has 0 saturated carbocycles. The van der Waals surface area contributed by atoms with E-state index >= 15 is 0 Å². The predicted molar refractivity (Wildman–Crippen MR) is 65.2 cm³/mol. The lowest BCUT2D eigenvalue weighted by molar-refractivity contribution is 0.491. The lowest BCUT2D eigenvalue weighted by atomic mass is 10.2. The van der Waals surface area contributed by atoms with E-state index in [0.29, 0.717) is 19.2 Å². The van der Waals surface area contributed by atoms with Crippen LogP contribution in [0.1, 0.15) is 19.8 Å². The van der Waals surface area contributed by atoms with Crippen LogP contribution < -0.4 is 10.2 Å². The molecule has 0 amide bonds. The predicted octanol–water partition coefficient (Wildman–Crippen LogP) is 2.68. The molecular formula is C13H17F3N2. The van der Waals surface area contributed by atoms with Crippen LogP contribution in [0.4, 0.5) is 18.9 Å². The van der Waals surface area contributed by atoms with Gasteiger partial charge in [0.2, 0.25) is 0 Å². The summed E-state index contributed by atoms with van der Waals surface area (Å²) in [6.07, 6.45) is 1.77. The highest BCUT2D eigenvalue weighted by molar-refractivity contribution is 5.48. The van der Waals surface area contributed by atoms with E-state index < -0.39 is 17.5 Å². The van der Waals surface area contributed by atoms with E-state index in [2.05, 4.69) is 5.32 Å². The molecule has 0 bridgehead atoms. The highest BCUT2D eigenvalue weighted by atomic mass is 19.2. The van der Waals surface area contributed by atoms with Crippen molar-refractivity contribution >= 4 is 5.69 Å².